The fourth-order valence-electron chi connectivity index (χ4n) is 1.03. The third kappa shape index (κ3) is 5.21. The number of hydrogen-bond acceptors (Lipinski definition) is 3. The van der Waals surface area contributed by atoms with Gasteiger partial charge >= 0.3 is 0 Å². The predicted octanol–water partition coefficient (Wildman–Crippen LogP) is 0.358. The first-order chi connectivity index (χ1) is 6.26. The van der Waals surface area contributed by atoms with E-state index in [2.05, 4.69) is 5.32 Å². The van der Waals surface area contributed by atoms with Crippen molar-refractivity contribution in [1.82, 2.24) is 10.2 Å². The van der Waals surface area contributed by atoms with Gasteiger partial charge in [-0.1, -0.05) is 0 Å². The normalized spacial score (nSPS) is 9.31. The maximum absolute atomic E-state index is 11.3. The molecular formula is C9H17N3O. The summed E-state index contributed by atoms with van der Waals surface area (Å²) in [4.78, 5) is 13.1. The molecule has 4 nitrogen and oxygen atoms in total. The Kier molecular flexibility index (Phi) is 6.93. The Balaban J connectivity index is 3.55. The van der Waals surface area contributed by atoms with E-state index in [0.717, 1.165) is 13.1 Å². The minimum atomic E-state index is 0.0999. The fraction of sp³-hybridized carbons (Fsp3) is 0.778. The van der Waals surface area contributed by atoms with E-state index in [4.69, 9.17) is 5.26 Å². The van der Waals surface area contributed by atoms with Gasteiger partial charge < -0.3 is 10.2 Å². The monoisotopic (exact) mass is 183 g/mol. The maximum atomic E-state index is 11.3. The fourth-order valence-corrected chi connectivity index (χ4v) is 1.03. The van der Waals surface area contributed by atoms with E-state index in [1.54, 1.807) is 4.90 Å². The smallest absolute Gasteiger partial charge is 0.236 e. The van der Waals surface area contributed by atoms with Crippen molar-refractivity contribution in [3.05, 3.63) is 0 Å². The van der Waals surface area contributed by atoms with Gasteiger partial charge in [0.2, 0.25) is 5.91 Å². The highest BCUT2D eigenvalue weighted by atomic mass is 16.2. The summed E-state index contributed by atoms with van der Waals surface area (Å²) in [6.07, 6.45) is 0.450. The average molecular weight is 183 g/mol. The SMILES string of the molecule is CCN(CC)C(=O)CNCCC#N. The highest BCUT2D eigenvalue weighted by molar-refractivity contribution is 5.78. The van der Waals surface area contributed by atoms with E-state index in [9.17, 15) is 4.79 Å². The molecule has 0 aliphatic carbocycles. The van der Waals surface area contributed by atoms with Gasteiger partial charge in [-0.05, 0) is 13.8 Å². The van der Waals surface area contributed by atoms with E-state index >= 15 is 0 Å². The van der Waals surface area contributed by atoms with Crippen molar-refractivity contribution in [3.8, 4) is 6.07 Å². The predicted molar refractivity (Wildman–Crippen MR) is 51.0 cm³/mol. The minimum Gasteiger partial charge on any atom is -0.342 e. The molecule has 0 aromatic rings. The lowest BCUT2D eigenvalue weighted by Gasteiger charge is -2.18. The largest absolute Gasteiger partial charge is 0.342 e. The Hall–Kier alpha value is -1.08. The number of likely N-dealkylation sites (N-methyl/N-ethyl adjacent to an activating group) is 1. The molecule has 0 heterocycles. The number of carbonyl (C=O) groups is 1. The maximum Gasteiger partial charge on any atom is 0.236 e. The number of nitrogens with zero attached hydrogens (tertiary/aromatic N) is 2. The summed E-state index contributed by atoms with van der Waals surface area (Å²) < 4.78 is 0. The molecule has 0 rings (SSSR count). The van der Waals surface area contributed by atoms with Crippen LogP contribution in [0.4, 0.5) is 0 Å². The summed E-state index contributed by atoms with van der Waals surface area (Å²) in [5, 5.41) is 11.2. The second kappa shape index (κ2) is 7.56. The van der Waals surface area contributed by atoms with Crippen LogP contribution in [0, 0.1) is 11.3 Å². The number of nitrogens with one attached hydrogen (secondary N) is 1. The van der Waals surface area contributed by atoms with Crippen molar-refractivity contribution in [3.63, 3.8) is 0 Å². The van der Waals surface area contributed by atoms with Gasteiger partial charge in [-0.25, -0.2) is 0 Å². The van der Waals surface area contributed by atoms with Crippen LogP contribution < -0.4 is 5.32 Å². The first-order valence-electron chi connectivity index (χ1n) is 4.61. The molecule has 1 N–H and O–H groups in total. The lowest BCUT2D eigenvalue weighted by atomic mass is 10.4. The van der Waals surface area contributed by atoms with Crippen molar-refractivity contribution < 1.29 is 4.79 Å². The molecule has 4 heteroatoms. The molecule has 0 aliphatic heterocycles. The van der Waals surface area contributed by atoms with Crippen molar-refractivity contribution in [2.24, 2.45) is 0 Å². The van der Waals surface area contributed by atoms with Gasteiger partial charge in [-0.2, -0.15) is 5.26 Å². The van der Waals surface area contributed by atoms with Gasteiger partial charge in [0, 0.05) is 26.1 Å². The average Bonchev–Trinajstić information content (AvgIpc) is 2.14. The van der Waals surface area contributed by atoms with E-state index in [1.807, 2.05) is 19.9 Å². The second-order valence-electron chi connectivity index (χ2n) is 2.65. The molecule has 0 radical (unpaired) electrons. The molecule has 1 amide bonds. The van der Waals surface area contributed by atoms with Crippen LogP contribution in [0.2, 0.25) is 0 Å². The highest BCUT2D eigenvalue weighted by Crippen LogP contribution is 1.87. The zero-order valence-corrected chi connectivity index (χ0v) is 8.34. The summed E-state index contributed by atoms with van der Waals surface area (Å²) in [6.45, 7) is 6.32. The topological polar surface area (TPSA) is 56.1 Å². The molecule has 0 aromatic heterocycles. The standard InChI is InChI=1S/C9H17N3O/c1-3-12(4-2)9(13)8-11-7-5-6-10/h11H,3-5,7-8H2,1-2H3. The van der Waals surface area contributed by atoms with Crippen LogP contribution in [0.15, 0.2) is 0 Å². The van der Waals surface area contributed by atoms with Gasteiger partial charge in [0.15, 0.2) is 0 Å². The van der Waals surface area contributed by atoms with E-state index in [1.165, 1.54) is 0 Å². The van der Waals surface area contributed by atoms with Crippen molar-refractivity contribution in [1.29, 1.82) is 5.26 Å². The van der Waals surface area contributed by atoms with Crippen LogP contribution in [0.5, 0.6) is 0 Å². The van der Waals surface area contributed by atoms with Gasteiger partial charge in [0.05, 0.1) is 12.6 Å². The van der Waals surface area contributed by atoms with E-state index < -0.39 is 0 Å². The van der Waals surface area contributed by atoms with E-state index in [-0.39, 0.29) is 5.91 Å². The zero-order chi connectivity index (χ0) is 10.1. The molecule has 0 saturated heterocycles. The molecular weight excluding hydrogens is 166 g/mol. The third-order valence-electron chi connectivity index (χ3n) is 1.81. The molecule has 13 heavy (non-hydrogen) atoms. The Morgan fingerprint density at radius 3 is 2.54 bits per heavy atom. The molecule has 0 fully saturated rings. The summed E-state index contributed by atoms with van der Waals surface area (Å²) >= 11 is 0. The number of rotatable bonds is 6. The van der Waals surface area contributed by atoms with Gasteiger partial charge in [0.1, 0.15) is 0 Å². The lowest BCUT2D eigenvalue weighted by Crippen LogP contribution is -2.38. The first kappa shape index (κ1) is 11.9. The van der Waals surface area contributed by atoms with Crippen molar-refractivity contribution in [2.45, 2.75) is 20.3 Å². The van der Waals surface area contributed by atoms with Gasteiger partial charge in [-0.3, -0.25) is 4.79 Å². The quantitative estimate of drug-likeness (QED) is 0.605. The van der Waals surface area contributed by atoms with Crippen molar-refractivity contribution in [2.75, 3.05) is 26.2 Å². The van der Waals surface area contributed by atoms with E-state index in [0.29, 0.717) is 19.5 Å². The summed E-state index contributed by atoms with van der Waals surface area (Å²) in [7, 11) is 0. The Labute approximate surface area is 79.5 Å². The van der Waals surface area contributed by atoms with Crippen LogP contribution in [0.25, 0.3) is 0 Å². The second-order valence-corrected chi connectivity index (χ2v) is 2.65. The molecule has 0 saturated carbocycles. The highest BCUT2D eigenvalue weighted by Gasteiger charge is 2.07. The number of hydrogen-bond donors (Lipinski definition) is 1. The van der Waals surface area contributed by atoms with Crippen LogP contribution in [0.1, 0.15) is 20.3 Å². The molecule has 0 atom stereocenters. The number of nitriles is 1. The number of carbonyl (C=O) groups excluding carboxylic acids is 1. The Bertz CT molecular complexity index is 182. The third-order valence-corrected chi connectivity index (χ3v) is 1.81. The Morgan fingerprint density at radius 2 is 2.08 bits per heavy atom. The van der Waals surface area contributed by atoms with Crippen LogP contribution in [-0.4, -0.2) is 37.0 Å². The number of amides is 1. The van der Waals surface area contributed by atoms with Crippen molar-refractivity contribution >= 4 is 5.91 Å². The lowest BCUT2D eigenvalue weighted by molar-refractivity contribution is -0.129. The summed E-state index contributed by atoms with van der Waals surface area (Å²) in [6, 6.07) is 2.01. The Morgan fingerprint density at radius 1 is 1.46 bits per heavy atom. The van der Waals surface area contributed by atoms with Crippen LogP contribution in [0.3, 0.4) is 0 Å². The summed E-state index contributed by atoms with van der Waals surface area (Å²) in [5.74, 6) is 0.0999. The molecule has 0 unspecified atom stereocenters. The summed E-state index contributed by atoms with van der Waals surface area (Å²) in [5.41, 5.74) is 0. The first-order valence-corrected chi connectivity index (χ1v) is 4.61. The molecule has 0 aliphatic rings. The zero-order valence-electron chi connectivity index (χ0n) is 8.34. The van der Waals surface area contributed by atoms with Crippen LogP contribution in [-0.2, 0) is 4.79 Å². The minimum absolute atomic E-state index is 0.0999. The molecule has 74 valence electrons. The molecule has 0 aromatic carbocycles. The van der Waals surface area contributed by atoms with Gasteiger partial charge in [-0.15, -0.1) is 0 Å². The molecule has 0 spiro atoms. The molecule has 0 bridgehead atoms. The van der Waals surface area contributed by atoms with Crippen LogP contribution >= 0.6 is 0 Å². The van der Waals surface area contributed by atoms with Gasteiger partial charge in [0.25, 0.3) is 0 Å².